The van der Waals surface area contributed by atoms with Crippen molar-refractivity contribution in [2.24, 2.45) is 0 Å². The number of pyridine rings is 3. The molecule has 0 aliphatic heterocycles. The first-order chi connectivity index (χ1) is 13.2. The van der Waals surface area contributed by atoms with Crippen LogP contribution in [0.15, 0.2) is 36.7 Å². The van der Waals surface area contributed by atoms with Crippen molar-refractivity contribution in [3.8, 4) is 6.07 Å². The summed E-state index contributed by atoms with van der Waals surface area (Å²) in [5, 5.41) is 17.1. The zero-order valence-corrected chi connectivity index (χ0v) is 16.6. The highest BCUT2D eigenvalue weighted by Gasteiger charge is 2.10. The number of hydrogen-bond acceptors (Lipinski definition) is 8. The van der Waals surface area contributed by atoms with Gasteiger partial charge < -0.3 is 10.6 Å². The van der Waals surface area contributed by atoms with Gasteiger partial charge in [0.1, 0.15) is 29.2 Å². The molecule has 0 atom stereocenters. The Balaban J connectivity index is 1.96. The van der Waals surface area contributed by atoms with Gasteiger partial charge in [-0.15, -0.1) is 0 Å². The first-order valence-electron chi connectivity index (χ1n) is 8.60. The third-order valence-electron chi connectivity index (χ3n) is 3.76. The van der Waals surface area contributed by atoms with Crippen LogP contribution in [0.25, 0.3) is 10.8 Å². The first kappa shape index (κ1) is 19.5. The summed E-state index contributed by atoms with van der Waals surface area (Å²) in [5.41, 5.74) is 0.955. The minimum absolute atomic E-state index is 0.0569. The molecule has 0 spiro atoms. The zero-order valence-electron chi connectivity index (χ0n) is 15.8. The molecule has 144 valence electrons. The Morgan fingerprint density at radius 2 is 1.93 bits per heavy atom. The van der Waals surface area contributed by atoms with Gasteiger partial charge >= 0.3 is 0 Å². The Bertz CT molecular complexity index is 1170. The van der Waals surface area contributed by atoms with Gasteiger partial charge in [-0.2, -0.15) is 5.26 Å². The van der Waals surface area contributed by atoms with E-state index in [1.165, 1.54) is 6.26 Å². The molecule has 0 fully saturated rings. The highest BCUT2D eigenvalue weighted by Crippen LogP contribution is 2.26. The third-order valence-corrected chi connectivity index (χ3v) is 4.62. The number of aromatic nitrogens is 3. The Kier molecular flexibility index (Phi) is 5.42. The number of nitrogens with one attached hydrogen (secondary N) is 2. The maximum absolute atomic E-state index is 11.5. The lowest BCUT2D eigenvalue weighted by molar-refractivity contribution is 0.601. The van der Waals surface area contributed by atoms with Crippen LogP contribution in [0.3, 0.4) is 0 Å². The standard InChI is InChI=1S/C19H20N6O2S/c1-12(2)23-19-16-8-18(22-10-14(16)7-15(9-20)24-19)25-17-6-13(4-5-21-17)11-28(3,26)27/h4-8,10,12H,11H2,1-3H3,(H,23,24)(H,21,22,25). The van der Waals surface area contributed by atoms with Crippen molar-refractivity contribution in [1.29, 1.82) is 5.26 Å². The Morgan fingerprint density at radius 3 is 2.61 bits per heavy atom. The minimum Gasteiger partial charge on any atom is -0.367 e. The van der Waals surface area contributed by atoms with Crippen LogP contribution in [0.5, 0.6) is 0 Å². The van der Waals surface area contributed by atoms with Crippen LogP contribution >= 0.6 is 0 Å². The quantitative estimate of drug-likeness (QED) is 0.652. The van der Waals surface area contributed by atoms with Gasteiger partial charge in [-0.05, 0) is 43.7 Å². The maximum atomic E-state index is 11.5. The minimum atomic E-state index is -3.13. The maximum Gasteiger partial charge on any atom is 0.151 e. The van der Waals surface area contributed by atoms with E-state index in [0.29, 0.717) is 28.7 Å². The van der Waals surface area contributed by atoms with E-state index in [9.17, 15) is 13.7 Å². The average molecular weight is 396 g/mol. The van der Waals surface area contributed by atoms with Crippen LogP contribution in [-0.2, 0) is 15.6 Å². The van der Waals surface area contributed by atoms with Crippen molar-refractivity contribution in [2.45, 2.75) is 25.6 Å². The van der Waals surface area contributed by atoms with Crippen LogP contribution in [0, 0.1) is 11.3 Å². The molecule has 28 heavy (non-hydrogen) atoms. The van der Waals surface area contributed by atoms with Gasteiger partial charge in [0, 0.05) is 35.5 Å². The van der Waals surface area contributed by atoms with Crippen molar-refractivity contribution in [3.63, 3.8) is 0 Å². The van der Waals surface area contributed by atoms with E-state index in [1.54, 1.807) is 30.6 Å². The molecule has 8 nitrogen and oxygen atoms in total. The topological polar surface area (TPSA) is 121 Å². The summed E-state index contributed by atoms with van der Waals surface area (Å²) in [7, 11) is -3.13. The van der Waals surface area contributed by atoms with Crippen molar-refractivity contribution in [1.82, 2.24) is 15.0 Å². The summed E-state index contributed by atoms with van der Waals surface area (Å²) >= 11 is 0. The first-order valence-corrected chi connectivity index (χ1v) is 10.7. The number of anilines is 3. The number of sulfone groups is 1. The molecular formula is C19H20N6O2S. The molecule has 3 heterocycles. The molecule has 3 rings (SSSR count). The summed E-state index contributed by atoms with van der Waals surface area (Å²) in [6, 6.07) is 9.04. The highest BCUT2D eigenvalue weighted by atomic mass is 32.2. The molecule has 0 aliphatic carbocycles. The normalized spacial score (nSPS) is 11.4. The Labute approximate surface area is 163 Å². The smallest absolute Gasteiger partial charge is 0.151 e. The molecule has 2 N–H and O–H groups in total. The lowest BCUT2D eigenvalue weighted by Crippen LogP contribution is -2.12. The summed E-state index contributed by atoms with van der Waals surface area (Å²) < 4.78 is 23.0. The van der Waals surface area contributed by atoms with Gasteiger partial charge in [0.15, 0.2) is 9.84 Å². The lowest BCUT2D eigenvalue weighted by atomic mass is 10.1. The van der Waals surface area contributed by atoms with Crippen LogP contribution in [0.2, 0.25) is 0 Å². The molecular weight excluding hydrogens is 376 g/mol. The summed E-state index contributed by atoms with van der Waals surface area (Å²) in [4.78, 5) is 12.9. The molecule has 3 aromatic rings. The monoisotopic (exact) mass is 396 g/mol. The third kappa shape index (κ3) is 4.92. The van der Waals surface area contributed by atoms with Gasteiger partial charge in [-0.3, -0.25) is 0 Å². The van der Waals surface area contributed by atoms with Crippen LogP contribution in [-0.4, -0.2) is 35.7 Å². The fraction of sp³-hybridized carbons (Fsp3) is 0.263. The molecule has 3 aromatic heterocycles. The molecule has 0 bridgehead atoms. The number of rotatable bonds is 6. The Hall–Kier alpha value is -3.25. The van der Waals surface area contributed by atoms with Crippen LogP contribution in [0.4, 0.5) is 17.5 Å². The fourth-order valence-corrected chi connectivity index (χ4v) is 3.51. The van der Waals surface area contributed by atoms with E-state index in [0.717, 1.165) is 10.8 Å². The molecule has 0 saturated carbocycles. The predicted molar refractivity (Wildman–Crippen MR) is 109 cm³/mol. The van der Waals surface area contributed by atoms with Crippen molar-refractivity contribution < 1.29 is 8.42 Å². The van der Waals surface area contributed by atoms with Crippen molar-refractivity contribution in [2.75, 3.05) is 16.9 Å². The molecule has 0 saturated heterocycles. The van der Waals surface area contributed by atoms with E-state index in [2.05, 4.69) is 31.7 Å². The van der Waals surface area contributed by atoms with Crippen molar-refractivity contribution in [3.05, 3.63) is 47.9 Å². The van der Waals surface area contributed by atoms with Crippen molar-refractivity contribution >= 4 is 38.1 Å². The molecule has 0 amide bonds. The Morgan fingerprint density at radius 1 is 1.18 bits per heavy atom. The fourth-order valence-electron chi connectivity index (χ4n) is 2.72. The number of fused-ring (bicyclic) bond motifs is 1. The number of hydrogen-bond donors (Lipinski definition) is 2. The van der Waals surface area contributed by atoms with Gasteiger partial charge in [0.05, 0.1) is 5.75 Å². The van der Waals surface area contributed by atoms with Gasteiger partial charge in [-0.1, -0.05) is 0 Å². The second-order valence-corrected chi connectivity index (χ2v) is 8.94. The SMILES string of the molecule is CC(C)Nc1nc(C#N)cc2cnc(Nc3cc(CS(C)(=O)=O)ccn3)cc12. The molecule has 9 heteroatoms. The second-order valence-electron chi connectivity index (χ2n) is 6.80. The summed E-state index contributed by atoms with van der Waals surface area (Å²) in [6.07, 6.45) is 4.40. The zero-order chi connectivity index (χ0) is 20.3. The molecule has 0 unspecified atom stereocenters. The summed E-state index contributed by atoms with van der Waals surface area (Å²) in [6.45, 7) is 3.98. The van der Waals surface area contributed by atoms with Gasteiger partial charge in [-0.25, -0.2) is 23.4 Å². The largest absolute Gasteiger partial charge is 0.367 e. The summed E-state index contributed by atoms with van der Waals surface area (Å²) in [5.74, 6) is 1.58. The van der Waals surface area contributed by atoms with Crippen LogP contribution in [0.1, 0.15) is 25.1 Å². The number of nitrogens with zero attached hydrogens (tertiary/aromatic N) is 4. The highest BCUT2D eigenvalue weighted by molar-refractivity contribution is 7.89. The molecule has 0 aliphatic rings. The van der Waals surface area contributed by atoms with E-state index in [1.807, 2.05) is 19.9 Å². The molecule has 0 aromatic carbocycles. The van der Waals surface area contributed by atoms with Crippen LogP contribution < -0.4 is 10.6 Å². The second kappa shape index (κ2) is 7.78. The molecule has 0 radical (unpaired) electrons. The average Bonchev–Trinajstić information content (AvgIpc) is 2.60. The van der Waals surface area contributed by atoms with Gasteiger partial charge in [0.2, 0.25) is 0 Å². The van der Waals surface area contributed by atoms with E-state index < -0.39 is 9.84 Å². The van der Waals surface area contributed by atoms with Gasteiger partial charge in [0.25, 0.3) is 0 Å². The lowest BCUT2D eigenvalue weighted by Gasteiger charge is -2.13. The number of nitriles is 1. The van der Waals surface area contributed by atoms with E-state index >= 15 is 0 Å². The van der Waals surface area contributed by atoms with E-state index in [4.69, 9.17) is 0 Å². The van der Waals surface area contributed by atoms with E-state index in [-0.39, 0.29) is 11.8 Å². The predicted octanol–water partition coefficient (Wildman–Crippen LogP) is 3.00.